The molecule has 1 atom stereocenters. The summed E-state index contributed by atoms with van der Waals surface area (Å²) in [5.41, 5.74) is 9.79. The quantitative estimate of drug-likeness (QED) is 0.235. The van der Waals surface area contributed by atoms with Crippen LogP contribution in [0.25, 0.3) is 27.9 Å². The Morgan fingerprint density at radius 1 is 0.625 bits per heavy atom. The van der Waals surface area contributed by atoms with Gasteiger partial charge in [-0.05, 0) is 64.7 Å². The number of nitrogens with zero attached hydrogens (tertiary/aromatic N) is 3. The molecule has 6 aromatic rings. The van der Waals surface area contributed by atoms with Crippen molar-refractivity contribution in [3.8, 4) is 51.1 Å². The molecule has 190 valence electrons. The lowest BCUT2D eigenvalue weighted by Gasteiger charge is -2.31. The molecule has 2 aromatic heterocycles. The van der Waals surface area contributed by atoms with Gasteiger partial charge in [-0.1, -0.05) is 65.2 Å². The Morgan fingerprint density at radius 3 is 2.15 bits per heavy atom. The standard InChI is InChI=1S/C35H25N3O2/c1-22-32(26-14-8-13-25(21-26)24-11-4-3-5-12-24)23(2)38-35-33-27(37(22)38)15-9-16-28(33)39-29-17-10-18-30(34(29)35)40-31-19-6-7-20-36(31)35/h3-21H,1-2H3/q+2. The zero-order chi connectivity index (χ0) is 26.6. The summed E-state index contributed by atoms with van der Waals surface area (Å²) in [5, 5.41) is 0. The van der Waals surface area contributed by atoms with Crippen molar-refractivity contribution in [2.45, 2.75) is 19.5 Å². The third-order valence-corrected chi connectivity index (χ3v) is 8.65. The molecule has 0 saturated heterocycles. The largest absolute Gasteiger partial charge is 0.455 e. The summed E-state index contributed by atoms with van der Waals surface area (Å²) in [6.45, 7) is 4.47. The summed E-state index contributed by atoms with van der Waals surface area (Å²) in [6, 6.07) is 38.1. The third-order valence-electron chi connectivity index (χ3n) is 8.65. The summed E-state index contributed by atoms with van der Waals surface area (Å²) in [6.07, 6.45) is 2.13. The Kier molecular flexibility index (Phi) is 4.07. The number of ether oxygens (including phenoxy) is 2. The van der Waals surface area contributed by atoms with Crippen molar-refractivity contribution in [2.75, 3.05) is 0 Å². The Morgan fingerprint density at radius 2 is 1.30 bits per heavy atom. The molecule has 5 nitrogen and oxygen atoms in total. The number of hydrogen-bond donors (Lipinski definition) is 0. The topological polar surface area (TPSA) is 31.1 Å². The fourth-order valence-electron chi connectivity index (χ4n) is 7.20. The zero-order valence-corrected chi connectivity index (χ0v) is 22.1. The maximum atomic E-state index is 6.57. The molecule has 1 unspecified atom stereocenters. The van der Waals surface area contributed by atoms with E-state index in [1.807, 2.05) is 30.3 Å². The van der Waals surface area contributed by atoms with Crippen LogP contribution in [0.2, 0.25) is 0 Å². The van der Waals surface area contributed by atoms with E-state index in [-0.39, 0.29) is 0 Å². The van der Waals surface area contributed by atoms with E-state index in [1.165, 1.54) is 33.6 Å². The molecular formula is C35H25N3O2+2. The predicted octanol–water partition coefficient (Wildman–Crippen LogP) is 6.83. The lowest BCUT2D eigenvalue weighted by Crippen LogP contribution is -2.76. The van der Waals surface area contributed by atoms with Gasteiger partial charge in [0.25, 0.3) is 0 Å². The van der Waals surface area contributed by atoms with Crippen molar-refractivity contribution >= 4 is 0 Å². The molecule has 0 amide bonds. The molecule has 0 fully saturated rings. The van der Waals surface area contributed by atoms with Gasteiger partial charge in [0, 0.05) is 13.0 Å². The lowest BCUT2D eigenvalue weighted by atomic mass is 9.85. The summed E-state index contributed by atoms with van der Waals surface area (Å²) in [5.74, 6) is 3.29. The fourth-order valence-corrected chi connectivity index (χ4v) is 7.20. The highest BCUT2D eigenvalue weighted by Crippen LogP contribution is 2.56. The van der Waals surface area contributed by atoms with Crippen molar-refractivity contribution < 1.29 is 18.7 Å². The second-order valence-corrected chi connectivity index (χ2v) is 10.7. The molecule has 3 aliphatic heterocycles. The number of aromatic nitrogens is 3. The van der Waals surface area contributed by atoms with Crippen molar-refractivity contribution in [1.29, 1.82) is 0 Å². The molecular weight excluding hydrogens is 494 g/mol. The Hall–Kier alpha value is -5.16. The average Bonchev–Trinajstić information content (AvgIpc) is 3.45. The molecule has 5 heteroatoms. The molecule has 5 heterocycles. The van der Waals surface area contributed by atoms with Crippen LogP contribution in [0.5, 0.6) is 23.1 Å². The van der Waals surface area contributed by atoms with E-state index in [0.717, 1.165) is 39.9 Å². The van der Waals surface area contributed by atoms with Crippen LogP contribution in [-0.2, 0) is 5.66 Å². The van der Waals surface area contributed by atoms with Gasteiger partial charge in [0.05, 0.1) is 17.3 Å². The molecule has 0 bridgehead atoms. The van der Waals surface area contributed by atoms with Crippen LogP contribution in [0.4, 0.5) is 0 Å². The van der Waals surface area contributed by atoms with Crippen LogP contribution in [0.15, 0.2) is 115 Å². The van der Waals surface area contributed by atoms with E-state index >= 15 is 0 Å². The minimum Gasteiger partial charge on any atom is -0.455 e. The molecule has 40 heavy (non-hydrogen) atoms. The van der Waals surface area contributed by atoms with Gasteiger partial charge in [-0.3, -0.25) is 0 Å². The third kappa shape index (κ3) is 2.48. The van der Waals surface area contributed by atoms with E-state index in [1.54, 1.807) is 0 Å². The highest BCUT2D eigenvalue weighted by atomic mass is 16.5. The Labute approximate surface area is 231 Å². The number of rotatable bonds is 2. The van der Waals surface area contributed by atoms with Crippen LogP contribution in [0, 0.1) is 13.8 Å². The smallest absolute Gasteiger partial charge is 0.452 e. The van der Waals surface area contributed by atoms with Gasteiger partial charge < -0.3 is 9.47 Å². The SMILES string of the molecule is Cc1c(-c2cccc(-c3ccccc3)c2)c(C)[n+]2n1-c1cccc3c1C21c2c(cccc2Oc2cccc[n+]21)O3. The lowest BCUT2D eigenvalue weighted by molar-refractivity contribution is -0.999. The van der Waals surface area contributed by atoms with E-state index in [4.69, 9.17) is 9.47 Å². The van der Waals surface area contributed by atoms with Crippen molar-refractivity contribution in [1.82, 2.24) is 4.68 Å². The molecule has 4 aromatic carbocycles. The highest BCUT2D eigenvalue weighted by molar-refractivity contribution is 5.76. The van der Waals surface area contributed by atoms with Gasteiger partial charge in [0.2, 0.25) is 5.69 Å². The normalized spacial score (nSPS) is 16.8. The van der Waals surface area contributed by atoms with Gasteiger partial charge in [0.15, 0.2) is 23.1 Å². The number of pyridine rings is 1. The van der Waals surface area contributed by atoms with Crippen molar-refractivity contribution in [2.24, 2.45) is 0 Å². The van der Waals surface area contributed by atoms with Crippen LogP contribution in [0.3, 0.4) is 0 Å². The van der Waals surface area contributed by atoms with Gasteiger partial charge in [-0.25, -0.2) is 0 Å². The number of fused-ring (bicyclic) bond motifs is 3. The first-order valence-corrected chi connectivity index (χ1v) is 13.6. The summed E-state index contributed by atoms with van der Waals surface area (Å²) >= 11 is 0. The van der Waals surface area contributed by atoms with Gasteiger partial charge >= 0.3 is 11.5 Å². The summed E-state index contributed by atoms with van der Waals surface area (Å²) in [4.78, 5) is 0. The molecule has 0 saturated carbocycles. The highest BCUT2D eigenvalue weighted by Gasteiger charge is 2.72. The van der Waals surface area contributed by atoms with E-state index < -0.39 is 5.66 Å². The van der Waals surface area contributed by atoms with Gasteiger partial charge in [0.1, 0.15) is 17.2 Å². The maximum absolute atomic E-state index is 6.57. The minimum absolute atomic E-state index is 0.699. The molecule has 0 aliphatic carbocycles. The van der Waals surface area contributed by atoms with Crippen molar-refractivity contribution in [3.05, 3.63) is 138 Å². The average molecular weight is 520 g/mol. The van der Waals surface area contributed by atoms with Gasteiger partial charge in [-0.15, -0.1) is 4.68 Å². The number of hydrogen-bond acceptors (Lipinski definition) is 2. The molecule has 0 radical (unpaired) electrons. The Balaban J connectivity index is 1.41. The predicted molar refractivity (Wildman–Crippen MR) is 151 cm³/mol. The monoisotopic (exact) mass is 519 g/mol. The molecule has 1 spiro atoms. The first-order valence-electron chi connectivity index (χ1n) is 13.6. The van der Waals surface area contributed by atoms with E-state index in [0.29, 0.717) is 0 Å². The van der Waals surface area contributed by atoms with Gasteiger partial charge in [-0.2, -0.15) is 0 Å². The van der Waals surface area contributed by atoms with E-state index in [2.05, 4.69) is 113 Å². The first kappa shape index (κ1) is 21.7. The second kappa shape index (κ2) is 7.48. The van der Waals surface area contributed by atoms with Crippen LogP contribution in [0.1, 0.15) is 22.5 Å². The first-order chi connectivity index (χ1) is 19.7. The number of benzene rings is 4. The molecule has 9 rings (SSSR count). The van der Waals surface area contributed by atoms with Crippen LogP contribution < -0.4 is 18.7 Å². The van der Waals surface area contributed by atoms with Crippen molar-refractivity contribution in [3.63, 3.8) is 0 Å². The Bertz CT molecular complexity index is 2030. The second-order valence-electron chi connectivity index (χ2n) is 10.7. The molecule has 0 N–H and O–H groups in total. The minimum atomic E-state index is -0.699. The zero-order valence-electron chi connectivity index (χ0n) is 22.1. The molecule has 3 aliphatic rings. The van der Waals surface area contributed by atoms with E-state index in [9.17, 15) is 0 Å². The summed E-state index contributed by atoms with van der Waals surface area (Å²) < 4.78 is 20.2. The maximum Gasteiger partial charge on any atom is 0.452 e. The van der Waals surface area contributed by atoms with Crippen LogP contribution >= 0.6 is 0 Å². The fraction of sp³-hybridized carbons (Fsp3) is 0.0857. The van der Waals surface area contributed by atoms with Crippen LogP contribution in [-0.4, -0.2) is 4.68 Å². The summed E-state index contributed by atoms with van der Waals surface area (Å²) in [7, 11) is 0.